The summed E-state index contributed by atoms with van der Waals surface area (Å²) in [5, 5.41) is 7.64. The van der Waals surface area contributed by atoms with E-state index in [9.17, 15) is 0 Å². The molecule has 0 saturated carbocycles. The van der Waals surface area contributed by atoms with Crippen LogP contribution in [0.3, 0.4) is 0 Å². The summed E-state index contributed by atoms with van der Waals surface area (Å²) in [7, 11) is 1.90. The zero-order valence-corrected chi connectivity index (χ0v) is 9.30. The Balaban J connectivity index is 2.29. The van der Waals surface area contributed by atoms with Gasteiger partial charge in [0.15, 0.2) is 0 Å². The molecule has 0 aliphatic heterocycles. The van der Waals surface area contributed by atoms with Crippen molar-refractivity contribution >= 4 is 0 Å². The van der Waals surface area contributed by atoms with Crippen molar-refractivity contribution < 1.29 is 0 Å². The minimum absolute atomic E-state index is 0.102. The lowest BCUT2D eigenvalue weighted by atomic mass is 10.2. The predicted octanol–water partition coefficient (Wildman–Crippen LogP) is 2.32. The summed E-state index contributed by atoms with van der Waals surface area (Å²) in [5.41, 5.74) is 2.04. The van der Waals surface area contributed by atoms with E-state index in [2.05, 4.69) is 17.0 Å². The van der Waals surface area contributed by atoms with Crippen molar-refractivity contribution in [3.05, 3.63) is 60.9 Å². The quantitative estimate of drug-likeness (QED) is 0.790. The van der Waals surface area contributed by atoms with Crippen LogP contribution < -0.4 is 5.32 Å². The number of rotatable bonds is 4. The van der Waals surface area contributed by atoms with Gasteiger partial charge in [0.2, 0.25) is 0 Å². The molecular weight excluding hydrogens is 198 g/mol. The first kappa shape index (κ1) is 10.6. The molecule has 1 N–H and O–H groups in total. The van der Waals surface area contributed by atoms with Crippen LogP contribution in [0.2, 0.25) is 0 Å². The van der Waals surface area contributed by atoms with Gasteiger partial charge in [-0.15, -0.1) is 6.58 Å². The Morgan fingerprint density at radius 3 is 2.69 bits per heavy atom. The molecule has 82 valence electrons. The summed E-state index contributed by atoms with van der Waals surface area (Å²) in [6.07, 6.45) is 3.80. The molecule has 2 rings (SSSR count). The highest BCUT2D eigenvalue weighted by atomic mass is 15.3. The molecule has 0 bridgehead atoms. The molecule has 16 heavy (non-hydrogen) atoms. The summed E-state index contributed by atoms with van der Waals surface area (Å²) in [5.74, 6) is 0. The molecule has 0 aliphatic carbocycles. The minimum Gasteiger partial charge on any atom is -0.308 e. The first-order chi connectivity index (χ1) is 7.85. The summed E-state index contributed by atoms with van der Waals surface area (Å²) >= 11 is 0. The van der Waals surface area contributed by atoms with Crippen LogP contribution in [0.1, 0.15) is 11.7 Å². The van der Waals surface area contributed by atoms with E-state index in [0.29, 0.717) is 0 Å². The van der Waals surface area contributed by atoms with E-state index in [-0.39, 0.29) is 6.04 Å². The molecule has 1 heterocycles. The van der Waals surface area contributed by atoms with Crippen LogP contribution in [0.25, 0.3) is 5.69 Å². The standard InChI is InChI=1S/C13H15N3/c1-3-12(14-2)13-9-10-16(15-13)11-7-5-4-6-8-11/h3-10,12,14H,1H2,2H3. The number of hydrogen-bond donors (Lipinski definition) is 1. The normalized spacial score (nSPS) is 12.3. The lowest BCUT2D eigenvalue weighted by Crippen LogP contribution is -2.14. The zero-order chi connectivity index (χ0) is 11.4. The SMILES string of the molecule is C=CC(NC)c1ccn(-c2ccccc2)n1. The molecule has 0 amide bonds. The van der Waals surface area contributed by atoms with Crippen molar-refractivity contribution in [1.82, 2.24) is 15.1 Å². The minimum atomic E-state index is 0.102. The van der Waals surface area contributed by atoms with Gasteiger partial charge in [-0.25, -0.2) is 4.68 Å². The summed E-state index contributed by atoms with van der Waals surface area (Å²) in [6.45, 7) is 3.78. The van der Waals surface area contributed by atoms with E-state index in [1.165, 1.54) is 0 Å². The summed E-state index contributed by atoms with van der Waals surface area (Å²) < 4.78 is 1.86. The van der Waals surface area contributed by atoms with Gasteiger partial charge in [-0.05, 0) is 25.2 Å². The highest BCUT2D eigenvalue weighted by Gasteiger charge is 2.08. The first-order valence-electron chi connectivity index (χ1n) is 5.26. The molecule has 0 aliphatic rings. The van der Waals surface area contributed by atoms with Crippen LogP contribution in [-0.4, -0.2) is 16.8 Å². The van der Waals surface area contributed by atoms with E-state index in [1.54, 1.807) is 0 Å². The van der Waals surface area contributed by atoms with Crippen molar-refractivity contribution in [2.75, 3.05) is 7.05 Å². The Bertz CT molecular complexity index is 459. The van der Waals surface area contributed by atoms with Crippen molar-refractivity contribution in [3.8, 4) is 5.69 Å². The number of hydrogen-bond acceptors (Lipinski definition) is 2. The Kier molecular flexibility index (Phi) is 3.17. The molecular formula is C13H15N3. The maximum atomic E-state index is 4.51. The van der Waals surface area contributed by atoms with E-state index >= 15 is 0 Å². The number of likely N-dealkylation sites (N-methyl/N-ethyl adjacent to an activating group) is 1. The third kappa shape index (κ3) is 2.04. The molecule has 1 atom stereocenters. The van der Waals surface area contributed by atoms with Gasteiger partial charge < -0.3 is 5.32 Å². The second-order valence-electron chi connectivity index (χ2n) is 3.52. The smallest absolute Gasteiger partial charge is 0.0837 e. The lowest BCUT2D eigenvalue weighted by Gasteiger charge is -2.07. The number of benzene rings is 1. The molecule has 0 spiro atoms. The lowest BCUT2D eigenvalue weighted by molar-refractivity contribution is 0.677. The van der Waals surface area contributed by atoms with E-state index < -0.39 is 0 Å². The fourth-order valence-corrected chi connectivity index (χ4v) is 1.61. The molecule has 2 aromatic rings. The van der Waals surface area contributed by atoms with Gasteiger partial charge in [0, 0.05) is 6.20 Å². The maximum Gasteiger partial charge on any atom is 0.0837 e. The summed E-state index contributed by atoms with van der Waals surface area (Å²) in [4.78, 5) is 0. The molecule has 1 unspecified atom stereocenters. The third-order valence-electron chi connectivity index (χ3n) is 2.50. The Labute approximate surface area is 95.4 Å². The number of para-hydroxylation sites is 1. The zero-order valence-electron chi connectivity index (χ0n) is 9.30. The molecule has 3 nitrogen and oxygen atoms in total. The largest absolute Gasteiger partial charge is 0.308 e. The van der Waals surface area contributed by atoms with Crippen molar-refractivity contribution in [2.45, 2.75) is 6.04 Å². The maximum absolute atomic E-state index is 4.51. The van der Waals surface area contributed by atoms with Crippen LogP contribution in [0.15, 0.2) is 55.3 Å². The van der Waals surface area contributed by atoms with E-state index in [1.807, 2.05) is 60.4 Å². The average molecular weight is 213 g/mol. The van der Waals surface area contributed by atoms with E-state index in [4.69, 9.17) is 0 Å². The molecule has 0 saturated heterocycles. The topological polar surface area (TPSA) is 29.9 Å². The first-order valence-corrected chi connectivity index (χ1v) is 5.26. The number of aromatic nitrogens is 2. The summed E-state index contributed by atoms with van der Waals surface area (Å²) in [6, 6.07) is 12.1. The Morgan fingerprint density at radius 2 is 2.06 bits per heavy atom. The van der Waals surface area contributed by atoms with Gasteiger partial charge in [-0.1, -0.05) is 24.3 Å². The van der Waals surface area contributed by atoms with Gasteiger partial charge >= 0.3 is 0 Å². The van der Waals surface area contributed by atoms with Crippen molar-refractivity contribution in [1.29, 1.82) is 0 Å². The van der Waals surface area contributed by atoms with Crippen LogP contribution in [0.5, 0.6) is 0 Å². The Hall–Kier alpha value is -1.87. The van der Waals surface area contributed by atoms with Crippen LogP contribution in [0.4, 0.5) is 0 Å². The van der Waals surface area contributed by atoms with E-state index in [0.717, 1.165) is 11.4 Å². The second-order valence-corrected chi connectivity index (χ2v) is 3.52. The number of nitrogens with one attached hydrogen (secondary N) is 1. The fraction of sp³-hybridized carbons (Fsp3) is 0.154. The Morgan fingerprint density at radius 1 is 1.31 bits per heavy atom. The van der Waals surface area contributed by atoms with Gasteiger partial charge in [0.1, 0.15) is 0 Å². The average Bonchev–Trinajstić information content (AvgIpc) is 2.81. The van der Waals surface area contributed by atoms with Crippen LogP contribution >= 0.6 is 0 Å². The highest BCUT2D eigenvalue weighted by molar-refractivity contribution is 5.31. The van der Waals surface area contributed by atoms with Gasteiger partial charge in [-0.2, -0.15) is 5.10 Å². The molecule has 0 fully saturated rings. The van der Waals surface area contributed by atoms with Crippen LogP contribution in [-0.2, 0) is 0 Å². The third-order valence-corrected chi connectivity index (χ3v) is 2.50. The van der Waals surface area contributed by atoms with Gasteiger partial charge in [-0.3, -0.25) is 0 Å². The van der Waals surface area contributed by atoms with Crippen molar-refractivity contribution in [3.63, 3.8) is 0 Å². The molecule has 1 aromatic heterocycles. The van der Waals surface area contributed by atoms with Crippen LogP contribution in [0, 0.1) is 0 Å². The second kappa shape index (κ2) is 4.77. The fourth-order valence-electron chi connectivity index (χ4n) is 1.61. The monoisotopic (exact) mass is 213 g/mol. The van der Waals surface area contributed by atoms with Gasteiger partial charge in [0.05, 0.1) is 17.4 Å². The molecule has 0 radical (unpaired) electrons. The van der Waals surface area contributed by atoms with Crippen molar-refractivity contribution in [2.24, 2.45) is 0 Å². The highest BCUT2D eigenvalue weighted by Crippen LogP contribution is 2.13. The van der Waals surface area contributed by atoms with Gasteiger partial charge in [0.25, 0.3) is 0 Å². The number of nitrogens with zero attached hydrogens (tertiary/aromatic N) is 2. The predicted molar refractivity (Wildman–Crippen MR) is 65.6 cm³/mol. The molecule has 3 heteroatoms. The molecule has 1 aromatic carbocycles.